The number of thioether (sulfide) groups is 1. The lowest BCUT2D eigenvalue weighted by molar-refractivity contribution is -0.119. The molecule has 0 radical (unpaired) electrons. The second-order valence-corrected chi connectivity index (χ2v) is 8.57. The number of carbonyl (C=O) groups is 1. The Kier molecular flexibility index (Phi) is 6.49. The Morgan fingerprint density at radius 3 is 2.44 bits per heavy atom. The van der Waals surface area contributed by atoms with Gasteiger partial charge in [0.25, 0.3) is 0 Å². The Labute approximate surface area is 114 Å². The summed E-state index contributed by atoms with van der Waals surface area (Å²) < 4.78 is 21.8. The minimum atomic E-state index is -2.91. The van der Waals surface area contributed by atoms with E-state index in [1.54, 1.807) is 0 Å². The van der Waals surface area contributed by atoms with Crippen LogP contribution in [-0.4, -0.2) is 43.9 Å². The number of nitrogens with one attached hydrogen (secondary N) is 1. The van der Waals surface area contributed by atoms with Crippen LogP contribution in [0.1, 0.15) is 32.6 Å². The molecule has 0 aliphatic heterocycles. The molecular formula is C12H23NO3S2. The van der Waals surface area contributed by atoms with E-state index in [1.807, 2.05) is 0 Å². The highest BCUT2D eigenvalue weighted by Gasteiger charge is 2.19. The van der Waals surface area contributed by atoms with Gasteiger partial charge in [-0.25, -0.2) is 8.42 Å². The fraction of sp³-hybridized carbons (Fsp3) is 0.917. The molecule has 1 aliphatic rings. The monoisotopic (exact) mass is 293 g/mol. The summed E-state index contributed by atoms with van der Waals surface area (Å²) >= 11 is 1.39. The molecule has 18 heavy (non-hydrogen) atoms. The molecule has 1 saturated carbocycles. The van der Waals surface area contributed by atoms with Gasteiger partial charge in [-0.3, -0.25) is 4.79 Å². The first-order chi connectivity index (χ1) is 8.37. The summed E-state index contributed by atoms with van der Waals surface area (Å²) in [6.45, 7) is 2.25. The van der Waals surface area contributed by atoms with Gasteiger partial charge in [-0.2, -0.15) is 11.8 Å². The van der Waals surface area contributed by atoms with E-state index in [9.17, 15) is 13.2 Å². The van der Waals surface area contributed by atoms with Crippen molar-refractivity contribution in [3.8, 4) is 0 Å². The lowest BCUT2D eigenvalue weighted by atomic mass is 9.87. The maximum Gasteiger partial charge on any atom is 0.230 e. The van der Waals surface area contributed by atoms with Gasteiger partial charge >= 0.3 is 0 Å². The van der Waals surface area contributed by atoms with Gasteiger partial charge in [0.05, 0.1) is 11.5 Å². The molecule has 1 fully saturated rings. The van der Waals surface area contributed by atoms with Crippen LogP contribution in [-0.2, 0) is 14.6 Å². The standard InChI is InChI=1S/C12H23NO3S2/c1-10-3-5-11(6-4-10)13-12(14)9-17-7-8-18(2,15)16/h10-11H,3-9H2,1-2H3,(H,13,14). The summed E-state index contributed by atoms with van der Waals surface area (Å²) in [6, 6.07) is 0.323. The molecular weight excluding hydrogens is 270 g/mol. The molecule has 0 bridgehead atoms. The fourth-order valence-electron chi connectivity index (χ4n) is 2.05. The van der Waals surface area contributed by atoms with Gasteiger partial charge in [0.2, 0.25) is 5.91 Å². The van der Waals surface area contributed by atoms with Crippen molar-refractivity contribution < 1.29 is 13.2 Å². The summed E-state index contributed by atoms with van der Waals surface area (Å²) in [5.74, 6) is 1.82. The number of carbonyl (C=O) groups excluding carboxylic acids is 1. The molecule has 0 spiro atoms. The Balaban J connectivity index is 2.10. The molecule has 0 aromatic rings. The number of amides is 1. The zero-order valence-corrected chi connectivity index (χ0v) is 12.8. The molecule has 0 aromatic heterocycles. The van der Waals surface area contributed by atoms with Gasteiger partial charge in [-0.15, -0.1) is 0 Å². The summed E-state index contributed by atoms with van der Waals surface area (Å²) in [7, 11) is -2.91. The number of rotatable bonds is 6. The Bertz CT molecular complexity index is 360. The minimum Gasteiger partial charge on any atom is -0.353 e. The third-order valence-corrected chi connectivity index (χ3v) is 5.38. The van der Waals surface area contributed by atoms with Crippen molar-refractivity contribution in [3.63, 3.8) is 0 Å². The molecule has 4 nitrogen and oxygen atoms in total. The zero-order valence-electron chi connectivity index (χ0n) is 11.1. The van der Waals surface area contributed by atoms with E-state index >= 15 is 0 Å². The minimum absolute atomic E-state index is 0.0352. The summed E-state index contributed by atoms with van der Waals surface area (Å²) in [5.41, 5.74) is 0. The highest BCUT2D eigenvalue weighted by Crippen LogP contribution is 2.23. The van der Waals surface area contributed by atoms with Crippen LogP contribution in [0.15, 0.2) is 0 Å². The highest BCUT2D eigenvalue weighted by molar-refractivity contribution is 8.01. The second-order valence-electron chi connectivity index (χ2n) is 5.21. The molecule has 1 aliphatic carbocycles. The first-order valence-electron chi connectivity index (χ1n) is 6.41. The Morgan fingerprint density at radius 1 is 1.28 bits per heavy atom. The lowest BCUT2D eigenvalue weighted by Gasteiger charge is -2.26. The zero-order chi connectivity index (χ0) is 13.6. The largest absolute Gasteiger partial charge is 0.353 e. The van der Waals surface area contributed by atoms with E-state index in [-0.39, 0.29) is 11.7 Å². The molecule has 0 saturated heterocycles. The van der Waals surface area contributed by atoms with E-state index in [2.05, 4.69) is 12.2 Å². The van der Waals surface area contributed by atoms with Crippen LogP contribution in [0.2, 0.25) is 0 Å². The van der Waals surface area contributed by atoms with E-state index in [1.165, 1.54) is 30.9 Å². The van der Waals surface area contributed by atoms with Crippen molar-refractivity contribution in [2.75, 3.05) is 23.5 Å². The van der Waals surface area contributed by atoms with E-state index in [0.717, 1.165) is 18.8 Å². The van der Waals surface area contributed by atoms with Crippen molar-refractivity contribution >= 4 is 27.5 Å². The molecule has 0 unspecified atom stereocenters. The first-order valence-corrected chi connectivity index (χ1v) is 9.63. The third-order valence-electron chi connectivity index (χ3n) is 3.21. The summed E-state index contributed by atoms with van der Waals surface area (Å²) in [5, 5.41) is 3.03. The summed E-state index contributed by atoms with van der Waals surface area (Å²) in [6.07, 6.45) is 5.73. The predicted molar refractivity (Wildman–Crippen MR) is 76.6 cm³/mol. The normalized spacial score (nSPS) is 24.8. The SMILES string of the molecule is CC1CCC(NC(=O)CSCCS(C)(=O)=O)CC1. The van der Waals surface area contributed by atoms with Crippen LogP contribution in [0.25, 0.3) is 0 Å². The molecule has 1 amide bonds. The predicted octanol–water partition coefficient (Wildman–Crippen LogP) is 1.46. The van der Waals surface area contributed by atoms with Gasteiger partial charge < -0.3 is 5.32 Å². The van der Waals surface area contributed by atoms with E-state index < -0.39 is 9.84 Å². The smallest absolute Gasteiger partial charge is 0.230 e. The lowest BCUT2D eigenvalue weighted by Crippen LogP contribution is -2.38. The molecule has 106 valence electrons. The van der Waals surface area contributed by atoms with Crippen LogP contribution >= 0.6 is 11.8 Å². The van der Waals surface area contributed by atoms with Gasteiger partial charge in [0, 0.05) is 18.1 Å². The van der Waals surface area contributed by atoms with Crippen molar-refractivity contribution in [3.05, 3.63) is 0 Å². The quantitative estimate of drug-likeness (QED) is 0.753. The fourth-order valence-corrected chi connectivity index (χ4v) is 4.14. The van der Waals surface area contributed by atoms with Crippen LogP contribution in [0, 0.1) is 5.92 Å². The molecule has 0 atom stereocenters. The molecule has 6 heteroatoms. The molecule has 0 aromatic carbocycles. The van der Waals surface area contributed by atoms with Gasteiger partial charge in [-0.05, 0) is 31.6 Å². The van der Waals surface area contributed by atoms with Crippen LogP contribution < -0.4 is 5.32 Å². The third kappa shape index (κ3) is 7.26. The van der Waals surface area contributed by atoms with E-state index in [0.29, 0.717) is 17.5 Å². The maximum atomic E-state index is 11.6. The maximum absolute atomic E-state index is 11.6. The first kappa shape index (κ1) is 15.8. The van der Waals surface area contributed by atoms with Crippen molar-refractivity contribution in [2.45, 2.75) is 38.6 Å². The van der Waals surface area contributed by atoms with Gasteiger partial charge in [-0.1, -0.05) is 6.92 Å². The average Bonchev–Trinajstić information content (AvgIpc) is 2.26. The Hall–Kier alpha value is -0.230. The second kappa shape index (κ2) is 7.38. The van der Waals surface area contributed by atoms with Crippen LogP contribution in [0.3, 0.4) is 0 Å². The van der Waals surface area contributed by atoms with Crippen LogP contribution in [0.4, 0.5) is 0 Å². The van der Waals surface area contributed by atoms with E-state index in [4.69, 9.17) is 0 Å². The average molecular weight is 293 g/mol. The number of hydrogen-bond donors (Lipinski definition) is 1. The molecule has 0 heterocycles. The van der Waals surface area contributed by atoms with Crippen molar-refractivity contribution in [2.24, 2.45) is 5.92 Å². The topological polar surface area (TPSA) is 63.2 Å². The summed E-state index contributed by atoms with van der Waals surface area (Å²) in [4.78, 5) is 11.6. The number of sulfone groups is 1. The van der Waals surface area contributed by atoms with Gasteiger partial charge in [0.1, 0.15) is 9.84 Å². The van der Waals surface area contributed by atoms with Crippen molar-refractivity contribution in [1.82, 2.24) is 5.32 Å². The van der Waals surface area contributed by atoms with Gasteiger partial charge in [0.15, 0.2) is 0 Å². The number of hydrogen-bond acceptors (Lipinski definition) is 4. The molecule has 1 rings (SSSR count). The highest BCUT2D eigenvalue weighted by atomic mass is 32.2. The van der Waals surface area contributed by atoms with Crippen molar-refractivity contribution in [1.29, 1.82) is 0 Å². The van der Waals surface area contributed by atoms with Crippen LogP contribution in [0.5, 0.6) is 0 Å². The Morgan fingerprint density at radius 2 is 1.89 bits per heavy atom. The molecule has 1 N–H and O–H groups in total.